The smallest absolute Gasteiger partial charge is 0.187 e. The van der Waals surface area contributed by atoms with Crippen molar-refractivity contribution in [3.05, 3.63) is 17.3 Å². The summed E-state index contributed by atoms with van der Waals surface area (Å²) in [5.41, 5.74) is 2.55. The molecule has 0 spiro atoms. The minimum absolute atomic E-state index is 0.0528. The van der Waals surface area contributed by atoms with Crippen LogP contribution < -0.4 is 11.3 Å². The summed E-state index contributed by atoms with van der Waals surface area (Å²) in [4.78, 5) is 8.09. The van der Waals surface area contributed by atoms with Gasteiger partial charge in [-0.15, -0.1) is 11.8 Å². The topological polar surface area (TPSA) is 63.8 Å². The first-order valence-corrected chi connectivity index (χ1v) is 5.95. The van der Waals surface area contributed by atoms with Crippen molar-refractivity contribution in [3.63, 3.8) is 0 Å². The molecule has 90 valence electrons. The van der Waals surface area contributed by atoms with Crippen molar-refractivity contribution in [1.29, 1.82) is 0 Å². The van der Waals surface area contributed by atoms with Crippen LogP contribution in [-0.2, 0) is 5.75 Å². The summed E-state index contributed by atoms with van der Waals surface area (Å²) in [6.07, 6.45) is 0. The van der Waals surface area contributed by atoms with Gasteiger partial charge in [0, 0.05) is 4.75 Å². The van der Waals surface area contributed by atoms with E-state index in [4.69, 9.17) is 5.84 Å². The average Bonchev–Trinajstić information content (AvgIpc) is 2.18. The Bertz CT molecular complexity index is 376. The van der Waals surface area contributed by atoms with Crippen molar-refractivity contribution >= 4 is 17.6 Å². The molecule has 0 aliphatic carbocycles. The molecule has 1 aromatic rings. The molecule has 0 radical (unpaired) electrons. The molecule has 0 atom stereocenters. The number of rotatable bonds is 3. The maximum atomic E-state index is 13.4. The van der Waals surface area contributed by atoms with Crippen LogP contribution in [0.5, 0.6) is 0 Å². The standard InChI is InChI=1S/C10H17FN4S/c1-6-8(11)9(15-12)14-7(13-6)5-16-10(2,3)4/h5,12H2,1-4H3,(H,13,14,15). The van der Waals surface area contributed by atoms with Gasteiger partial charge >= 0.3 is 0 Å². The van der Waals surface area contributed by atoms with E-state index in [0.717, 1.165) is 0 Å². The zero-order chi connectivity index (χ0) is 12.3. The second-order valence-electron chi connectivity index (χ2n) is 4.43. The maximum Gasteiger partial charge on any atom is 0.187 e. The number of aryl methyl sites for hydroxylation is 1. The number of nitrogens with one attached hydrogen (secondary N) is 1. The molecule has 0 unspecified atom stereocenters. The van der Waals surface area contributed by atoms with Gasteiger partial charge in [0.1, 0.15) is 5.82 Å². The summed E-state index contributed by atoms with van der Waals surface area (Å²) in [7, 11) is 0. The van der Waals surface area contributed by atoms with E-state index in [-0.39, 0.29) is 10.6 Å². The zero-order valence-corrected chi connectivity index (χ0v) is 10.8. The van der Waals surface area contributed by atoms with Crippen LogP contribution in [0, 0.1) is 12.7 Å². The Morgan fingerprint density at radius 3 is 2.50 bits per heavy atom. The Morgan fingerprint density at radius 2 is 2.00 bits per heavy atom. The van der Waals surface area contributed by atoms with Gasteiger partial charge in [-0.1, -0.05) is 20.8 Å². The minimum Gasteiger partial charge on any atom is -0.306 e. The first-order valence-electron chi connectivity index (χ1n) is 4.97. The van der Waals surface area contributed by atoms with Crippen molar-refractivity contribution < 1.29 is 4.39 Å². The summed E-state index contributed by atoms with van der Waals surface area (Å²) >= 11 is 1.70. The van der Waals surface area contributed by atoms with Crippen molar-refractivity contribution in [3.8, 4) is 0 Å². The van der Waals surface area contributed by atoms with Crippen molar-refractivity contribution in [2.24, 2.45) is 5.84 Å². The molecule has 4 nitrogen and oxygen atoms in total. The Hall–Kier alpha value is -0.880. The summed E-state index contributed by atoms with van der Waals surface area (Å²) in [6, 6.07) is 0. The number of halogens is 1. The number of hydrogen-bond acceptors (Lipinski definition) is 5. The Labute approximate surface area is 99.2 Å². The van der Waals surface area contributed by atoms with Gasteiger partial charge in [0.05, 0.1) is 11.4 Å². The Kier molecular flexibility index (Phi) is 4.09. The number of thioether (sulfide) groups is 1. The predicted molar refractivity (Wildman–Crippen MR) is 65.6 cm³/mol. The van der Waals surface area contributed by atoms with Crippen LogP contribution in [0.25, 0.3) is 0 Å². The molecule has 1 rings (SSSR count). The molecule has 0 fully saturated rings. The highest BCUT2D eigenvalue weighted by atomic mass is 32.2. The third-order valence-corrected chi connectivity index (χ3v) is 3.10. The van der Waals surface area contributed by atoms with E-state index in [1.54, 1.807) is 18.7 Å². The summed E-state index contributed by atoms with van der Waals surface area (Å²) < 4.78 is 13.5. The van der Waals surface area contributed by atoms with Gasteiger partial charge in [-0.2, -0.15) is 0 Å². The SMILES string of the molecule is Cc1nc(CSC(C)(C)C)nc(NN)c1F. The molecular formula is C10H17FN4S. The van der Waals surface area contributed by atoms with Gasteiger partial charge in [-0.25, -0.2) is 20.2 Å². The highest BCUT2D eigenvalue weighted by molar-refractivity contribution is 7.99. The highest BCUT2D eigenvalue weighted by Crippen LogP contribution is 2.26. The lowest BCUT2D eigenvalue weighted by molar-refractivity contribution is 0.602. The molecule has 0 amide bonds. The Balaban J connectivity index is 2.86. The molecule has 0 aliphatic heterocycles. The fourth-order valence-electron chi connectivity index (χ4n) is 1.06. The summed E-state index contributed by atoms with van der Waals surface area (Å²) in [5, 5.41) is 0. The minimum atomic E-state index is -0.494. The number of hydrogen-bond donors (Lipinski definition) is 2. The van der Waals surface area contributed by atoms with Gasteiger partial charge in [-0.3, -0.25) is 0 Å². The quantitative estimate of drug-likeness (QED) is 0.630. The number of aromatic nitrogens is 2. The predicted octanol–water partition coefficient (Wildman–Crippen LogP) is 2.24. The third kappa shape index (κ3) is 3.61. The molecule has 0 saturated heterocycles. The first kappa shape index (κ1) is 13.2. The molecule has 0 bridgehead atoms. The fourth-order valence-corrected chi connectivity index (χ4v) is 1.75. The third-order valence-electron chi connectivity index (χ3n) is 1.83. The van der Waals surface area contributed by atoms with Crippen LogP contribution in [0.2, 0.25) is 0 Å². The molecule has 16 heavy (non-hydrogen) atoms. The number of hydrazine groups is 1. The van der Waals surface area contributed by atoms with E-state index >= 15 is 0 Å². The van der Waals surface area contributed by atoms with E-state index < -0.39 is 5.82 Å². The average molecular weight is 244 g/mol. The molecule has 1 heterocycles. The molecule has 1 aromatic heterocycles. The van der Waals surface area contributed by atoms with E-state index in [2.05, 4.69) is 36.2 Å². The molecule has 0 saturated carbocycles. The second kappa shape index (κ2) is 4.97. The highest BCUT2D eigenvalue weighted by Gasteiger charge is 2.14. The van der Waals surface area contributed by atoms with Crippen LogP contribution in [0.15, 0.2) is 0 Å². The van der Waals surface area contributed by atoms with Gasteiger partial charge in [-0.05, 0) is 6.92 Å². The van der Waals surface area contributed by atoms with Gasteiger partial charge in [0.25, 0.3) is 0 Å². The van der Waals surface area contributed by atoms with Crippen molar-refractivity contribution in [2.45, 2.75) is 38.2 Å². The number of nitrogen functional groups attached to an aromatic ring is 1. The molecule has 3 N–H and O–H groups in total. The van der Waals surface area contributed by atoms with E-state index in [9.17, 15) is 4.39 Å². The van der Waals surface area contributed by atoms with Gasteiger partial charge in [0.2, 0.25) is 0 Å². The molecule has 6 heteroatoms. The lowest BCUT2D eigenvalue weighted by atomic mass is 10.3. The number of nitrogens with two attached hydrogens (primary N) is 1. The van der Waals surface area contributed by atoms with Crippen LogP contribution in [-0.4, -0.2) is 14.7 Å². The molecular weight excluding hydrogens is 227 g/mol. The zero-order valence-electron chi connectivity index (χ0n) is 9.97. The van der Waals surface area contributed by atoms with Crippen LogP contribution in [0.3, 0.4) is 0 Å². The first-order chi connectivity index (χ1) is 7.33. The van der Waals surface area contributed by atoms with Crippen molar-refractivity contribution in [2.75, 3.05) is 5.43 Å². The normalized spacial score (nSPS) is 11.6. The summed E-state index contributed by atoms with van der Waals surface area (Å²) in [6.45, 7) is 7.92. The summed E-state index contributed by atoms with van der Waals surface area (Å²) in [5.74, 6) is 5.97. The van der Waals surface area contributed by atoms with Crippen LogP contribution in [0.1, 0.15) is 32.3 Å². The van der Waals surface area contributed by atoms with E-state index in [1.807, 2.05) is 0 Å². The second-order valence-corrected chi connectivity index (χ2v) is 6.24. The molecule has 0 aromatic carbocycles. The van der Waals surface area contributed by atoms with Crippen LogP contribution in [0.4, 0.5) is 10.2 Å². The van der Waals surface area contributed by atoms with E-state index in [1.165, 1.54) is 0 Å². The largest absolute Gasteiger partial charge is 0.306 e. The fraction of sp³-hybridized carbons (Fsp3) is 0.600. The monoisotopic (exact) mass is 244 g/mol. The lowest BCUT2D eigenvalue weighted by Gasteiger charge is -2.17. The number of anilines is 1. The van der Waals surface area contributed by atoms with Gasteiger partial charge < -0.3 is 5.43 Å². The molecule has 0 aliphatic rings. The maximum absolute atomic E-state index is 13.4. The number of nitrogens with zero attached hydrogens (tertiary/aromatic N) is 2. The van der Waals surface area contributed by atoms with Crippen molar-refractivity contribution in [1.82, 2.24) is 9.97 Å². The van der Waals surface area contributed by atoms with Gasteiger partial charge in [0.15, 0.2) is 11.6 Å². The van der Waals surface area contributed by atoms with Crippen LogP contribution >= 0.6 is 11.8 Å². The van der Waals surface area contributed by atoms with E-state index in [0.29, 0.717) is 17.3 Å². The lowest BCUT2D eigenvalue weighted by Crippen LogP contribution is -2.15. The Morgan fingerprint density at radius 1 is 1.38 bits per heavy atom.